The lowest BCUT2D eigenvalue weighted by Gasteiger charge is -2.11. The monoisotopic (exact) mass is 359 g/mol. The Morgan fingerprint density at radius 2 is 1.95 bits per heavy atom. The van der Waals surface area contributed by atoms with E-state index in [0.29, 0.717) is 16.6 Å². The predicted molar refractivity (Wildman–Crippen MR) is 84.5 cm³/mol. The minimum Gasteiger partial charge on any atom is -0.497 e. The molecule has 2 rings (SSSR count). The standard InChI is InChI=1S/C14H12BrCl2NO/c1-19-11-3-4-12(15)14(7-11)18-8-9-6-10(16)2-5-13(9)17/h2-7,18H,8H2,1H3. The molecule has 0 aliphatic heterocycles. The molecule has 0 atom stereocenters. The molecule has 1 N–H and O–H groups in total. The van der Waals surface area contributed by atoms with E-state index in [1.165, 1.54) is 0 Å². The van der Waals surface area contributed by atoms with Gasteiger partial charge in [-0.2, -0.15) is 0 Å². The zero-order valence-corrected chi connectivity index (χ0v) is 13.3. The number of hydrogen-bond donors (Lipinski definition) is 1. The van der Waals surface area contributed by atoms with Crippen molar-refractivity contribution in [1.82, 2.24) is 0 Å². The van der Waals surface area contributed by atoms with E-state index in [1.54, 1.807) is 19.2 Å². The molecule has 0 aromatic heterocycles. The summed E-state index contributed by atoms with van der Waals surface area (Å²) in [6.07, 6.45) is 0. The number of ether oxygens (including phenoxy) is 1. The highest BCUT2D eigenvalue weighted by Crippen LogP contribution is 2.28. The molecule has 0 aliphatic rings. The van der Waals surface area contributed by atoms with Gasteiger partial charge in [-0.05, 0) is 51.8 Å². The summed E-state index contributed by atoms with van der Waals surface area (Å²) < 4.78 is 6.16. The second-order valence-corrected chi connectivity index (χ2v) is 5.63. The Kier molecular flexibility index (Phi) is 4.97. The van der Waals surface area contributed by atoms with Crippen LogP contribution in [0.15, 0.2) is 40.9 Å². The van der Waals surface area contributed by atoms with Crippen molar-refractivity contribution < 1.29 is 4.74 Å². The first-order valence-corrected chi connectivity index (χ1v) is 7.16. The van der Waals surface area contributed by atoms with Crippen LogP contribution in [-0.4, -0.2) is 7.11 Å². The van der Waals surface area contributed by atoms with Crippen molar-refractivity contribution in [3.05, 3.63) is 56.5 Å². The average molecular weight is 361 g/mol. The summed E-state index contributed by atoms with van der Waals surface area (Å²) in [5.74, 6) is 0.794. The predicted octanol–water partition coefficient (Wildman–Crippen LogP) is 5.38. The van der Waals surface area contributed by atoms with E-state index in [9.17, 15) is 0 Å². The van der Waals surface area contributed by atoms with Crippen LogP contribution in [0.3, 0.4) is 0 Å². The molecule has 0 saturated carbocycles. The molecule has 0 unspecified atom stereocenters. The van der Waals surface area contributed by atoms with Gasteiger partial charge in [0.05, 0.1) is 12.8 Å². The van der Waals surface area contributed by atoms with Crippen LogP contribution in [0.25, 0.3) is 0 Å². The van der Waals surface area contributed by atoms with Crippen molar-refractivity contribution in [3.63, 3.8) is 0 Å². The van der Waals surface area contributed by atoms with Crippen LogP contribution < -0.4 is 10.1 Å². The van der Waals surface area contributed by atoms with Crippen molar-refractivity contribution >= 4 is 44.8 Å². The molecule has 2 nitrogen and oxygen atoms in total. The van der Waals surface area contributed by atoms with Gasteiger partial charge in [-0.15, -0.1) is 0 Å². The van der Waals surface area contributed by atoms with Crippen molar-refractivity contribution in [2.45, 2.75) is 6.54 Å². The van der Waals surface area contributed by atoms with E-state index in [1.807, 2.05) is 24.3 Å². The van der Waals surface area contributed by atoms with Gasteiger partial charge in [0.1, 0.15) is 5.75 Å². The van der Waals surface area contributed by atoms with Gasteiger partial charge in [-0.1, -0.05) is 23.2 Å². The third-order valence-electron chi connectivity index (χ3n) is 2.65. The molecule has 0 spiro atoms. The highest BCUT2D eigenvalue weighted by Gasteiger charge is 2.05. The van der Waals surface area contributed by atoms with Gasteiger partial charge in [-0.3, -0.25) is 0 Å². The maximum absolute atomic E-state index is 6.13. The number of rotatable bonds is 4. The first kappa shape index (κ1) is 14.5. The van der Waals surface area contributed by atoms with Crippen LogP contribution in [0, 0.1) is 0 Å². The van der Waals surface area contributed by atoms with Gasteiger partial charge in [0, 0.05) is 27.1 Å². The second kappa shape index (κ2) is 6.51. The fraction of sp³-hybridized carbons (Fsp3) is 0.143. The van der Waals surface area contributed by atoms with Crippen LogP contribution in [0.2, 0.25) is 10.0 Å². The molecule has 0 saturated heterocycles. The van der Waals surface area contributed by atoms with Crippen molar-refractivity contribution in [2.24, 2.45) is 0 Å². The Bertz CT molecular complexity index is 590. The summed E-state index contributed by atoms with van der Waals surface area (Å²) >= 11 is 15.6. The molecule has 5 heteroatoms. The van der Waals surface area contributed by atoms with E-state index in [-0.39, 0.29) is 0 Å². The molecule has 0 aliphatic carbocycles. The molecular weight excluding hydrogens is 349 g/mol. The number of hydrogen-bond acceptors (Lipinski definition) is 2. The Labute approximate surface area is 130 Å². The Hall–Kier alpha value is -0.900. The maximum atomic E-state index is 6.13. The highest BCUT2D eigenvalue weighted by molar-refractivity contribution is 9.10. The van der Waals surface area contributed by atoms with Gasteiger partial charge in [0.15, 0.2) is 0 Å². The zero-order valence-electron chi connectivity index (χ0n) is 10.2. The van der Waals surface area contributed by atoms with Crippen LogP contribution in [0.5, 0.6) is 5.75 Å². The minimum absolute atomic E-state index is 0.588. The molecule has 0 amide bonds. The molecular formula is C14H12BrCl2NO. The second-order valence-electron chi connectivity index (χ2n) is 3.94. The van der Waals surface area contributed by atoms with Crippen molar-refractivity contribution in [2.75, 3.05) is 12.4 Å². The maximum Gasteiger partial charge on any atom is 0.121 e. The number of nitrogens with one attached hydrogen (secondary N) is 1. The van der Waals surface area contributed by atoms with Crippen molar-refractivity contribution in [3.8, 4) is 5.75 Å². The summed E-state index contributed by atoms with van der Waals surface area (Å²) in [7, 11) is 1.64. The molecule has 100 valence electrons. The summed E-state index contributed by atoms with van der Waals surface area (Å²) in [6.45, 7) is 0.588. The zero-order chi connectivity index (χ0) is 13.8. The number of anilines is 1. The van der Waals surface area contributed by atoms with Crippen LogP contribution in [0.1, 0.15) is 5.56 Å². The van der Waals surface area contributed by atoms with E-state index < -0.39 is 0 Å². The largest absolute Gasteiger partial charge is 0.497 e. The molecule has 0 bridgehead atoms. The van der Waals surface area contributed by atoms with Gasteiger partial charge in [-0.25, -0.2) is 0 Å². The minimum atomic E-state index is 0.588. The number of halogens is 3. The molecule has 2 aromatic carbocycles. The topological polar surface area (TPSA) is 21.3 Å². The summed E-state index contributed by atoms with van der Waals surface area (Å²) in [4.78, 5) is 0. The molecule has 0 heterocycles. The average Bonchev–Trinajstić information content (AvgIpc) is 2.41. The number of benzene rings is 2. The quantitative estimate of drug-likeness (QED) is 0.790. The van der Waals surface area contributed by atoms with Crippen LogP contribution in [-0.2, 0) is 6.54 Å². The smallest absolute Gasteiger partial charge is 0.121 e. The van der Waals surface area contributed by atoms with Gasteiger partial charge < -0.3 is 10.1 Å². The van der Waals surface area contributed by atoms with E-state index >= 15 is 0 Å². The summed E-state index contributed by atoms with van der Waals surface area (Å²) in [5, 5.41) is 4.66. The fourth-order valence-corrected chi connectivity index (χ4v) is 2.40. The fourth-order valence-electron chi connectivity index (χ4n) is 1.64. The first-order valence-electron chi connectivity index (χ1n) is 5.61. The lowest BCUT2D eigenvalue weighted by molar-refractivity contribution is 0.415. The van der Waals surface area contributed by atoms with E-state index in [2.05, 4.69) is 21.2 Å². The van der Waals surface area contributed by atoms with Gasteiger partial charge >= 0.3 is 0 Å². The number of methoxy groups -OCH3 is 1. The first-order chi connectivity index (χ1) is 9.10. The lowest BCUT2D eigenvalue weighted by atomic mass is 10.2. The van der Waals surface area contributed by atoms with E-state index in [4.69, 9.17) is 27.9 Å². The lowest BCUT2D eigenvalue weighted by Crippen LogP contribution is -2.01. The normalized spacial score (nSPS) is 10.3. The Morgan fingerprint density at radius 1 is 1.16 bits per heavy atom. The van der Waals surface area contributed by atoms with Crippen LogP contribution in [0.4, 0.5) is 5.69 Å². The van der Waals surface area contributed by atoms with Gasteiger partial charge in [0.2, 0.25) is 0 Å². The third kappa shape index (κ3) is 3.78. The molecule has 0 fully saturated rings. The molecule has 0 radical (unpaired) electrons. The summed E-state index contributed by atoms with van der Waals surface area (Å²) in [5.41, 5.74) is 1.89. The van der Waals surface area contributed by atoms with Gasteiger partial charge in [0.25, 0.3) is 0 Å². The summed E-state index contributed by atoms with van der Waals surface area (Å²) in [6, 6.07) is 11.2. The van der Waals surface area contributed by atoms with Crippen molar-refractivity contribution in [1.29, 1.82) is 0 Å². The SMILES string of the molecule is COc1ccc(Br)c(NCc2cc(Cl)ccc2Cl)c1. The Morgan fingerprint density at radius 3 is 2.68 bits per heavy atom. The highest BCUT2D eigenvalue weighted by atomic mass is 79.9. The molecule has 2 aromatic rings. The molecule has 19 heavy (non-hydrogen) atoms. The van der Waals surface area contributed by atoms with Crippen LogP contribution >= 0.6 is 39.1 Å². The van der Waals surface area contributed by atoms with E-state index in [0.717, 1.165) is 21.5 Å². The Balaban J connectivity index is 2.16. The third-order valence-corrected chi connectivity index (χ3v) is 3.95.